The first-order chi connectivity index (χ1) is 25.3. The number of H-pyrrole nitrogens is 1. The Balaban J connectivity index is 1.10. The van der Waals surface area contributed by atoms with E-state index in [4.69, 9.17) is 9.47 Å². The molecule has 3 heterocycles. The molecule has 0 radical (unpaired) electrons. The summed E-state index contributed by atoms with van der Waals surface area (Å²) in [5.41, 5.74) is -0.0656. The molecule has 2 N–H and O–H groups in total. The number of para-hydroxylation sites is 1. The maximum atomic E-state index is 14.2. The van der Waals surface area contributed by atoms with E-state index in [1.54, 1.807) is 31.2 Å². The zero-order valence-electron chi connectivity index (χ0n) is 27.6. The van der Waals surface area contributed by atoms with Crippen LogP contribution in [0.15, 0.2) is 81.0 Å². The van der Waals surface area contributed by atoms with Crippen LogP contribution < -0.4 is 19.8 Å². The number of halogens is 4. The molecule has 1 aromatic heterocycles. The SMILES string of the molecule is CCOC(=O)c1ccc(N2C(=O)C3C4CC(C3C2=O)C2C4Sc3[nH]c(=O)sc3[C@@H]2c2cc(Br)ccc2OCC(=O)Nc2ccccc2C(F)(F)F)cc1. The molecule has 8 rings (SSSR count). The van der Waals surface area contributed by atoms with Gasteiger partial charge < -0.3 is 19.8 Å². The molecular formula is C37H29BrF3N3O7S2. The zero-order valence-corrected chi connectivity index (χ0v) is 30.9. The second kappa shape index (κ2) is 13.5. The van der Waals surface area contributed by atoms with Gasteiger partial charge >= 0.3 is 17.0 Å². The average molecular weight is 829 g/mol. The quantitative estimate of drug-likeness (QED) is 0.142. The summed E-state index contributed by atoms with van der Waals surface area (Å²) in [4.78, 5) is 70.9. The van der Waals surface area contributed by atoms with Gasteiger partial charge in [-0.05, 0) is 85.7 Å². The fourth-order valence-electron chi connectivity index (χ4n) is 8.64. The molecule has 1 saturated heterocycles. The van der Waals surface area contributed by atoms with Crippen molar-refractivity contribution < 1.29 is 41.8 Å². The van der Waals surface area contributed by atoms with Crippen molar-refractivity contribution in [2.24, 2.45) is 29.6 Å². The number of carbonyl (C=O) groups excluding carboxylic acids is 4. The number of rotatable bonds is 8. The molecule has 7 atom stereocenters. The van der Waals surface area contributed by atoms with Crippen LogP contribution in [0.1, 0.15) is 45.6 Å². The maximum absolute atomic E-state index is 14.2. The number of amides is 3. The summed E-state index contributed by atoms with van der Waals surface area (Å²) in [6, 6.07) is 16.1. The topological polar surface area (TPSA) is 135 Å². The van der Waals surface area contributed by atoms with E-state index in [0.717, 1.165) is 28.3 Å². The van der Waals surface area contributed by atoms with E-state index >= 15 is 0 Å². The van der Waals surface area contributed by atoms with Crippen molar-refractivity contribution in [2.75, 3.05) is 23.4 Å². The van der Waals surface area contributed by atoms with E-state index < -0.39 is 53.7 Å². The first-order valence-electron chi connectivity index (χ1n) is 16.8. The lowest BCUT2D eigenvalue weighted by Crippen LogP contribution is -2.42. The number of thioether (sulfide) groups is 1. The molecule has 10 nitrogen and oxygen atoms in total. The van der Waals surface area contributed by atoms with E-state index in [1.165, 1.54) is 40.9 Å². The fraction of sp³-hybridized carbons (Fsp3) is 0.324. The molecule has 2 aliphatic carbocycles. The van der Waals surface area contributed by atoms with Gasteiger partial charge in [0.15, 0.2) is 6.61 Å². The zero-order chi connectivity index (χ0) is 37.3. The Morgan fingerprint density at radius 2 is 1.72 bits per heavy atom. The van der Waals surface area contributed by atoms with Crippen LogP contribution in [0, 0.1) is 29.6 Å². The third-order valence-electron chi connectivity index (χ3n) is 10.5. The first-order valence-corrected chi connectivity index (χ1v) is 19.3. The molecule has 274 valence electrons. The second-order valence-electron chi connectivity index (χ2n) is 13.3. The molecule has 4 aliphatic rings. The molecule has 0 spiro atoms. The molecule has 6 unspecified atom stereocenters. The summed E-state index contributed by atoms with van der Waals surface area (Å²) in [5.74, 6) is -3.82. The van der Waals surface area contributed by atoms with Crippen LogP contribution >= 0.6 is 39.0 Å². The molecule has 3 aromatic carbocycles. The predicted octanol–water partition coefficient (Wildman–Crippen LogP) is 7.09. The third-order valence-corrected chi connectivity index (χ3v) is 13.6. The normalized spacial score (nSPS) is 25.5. The molecule has 2 bridgehead atoms. The molecule has 2 aliphatic heterocycles. The lowest BCUT2D eigenvalue weighted by molar-refractivity contribution is -0.137. The monoisotopic (exact) mass is 827 g/mol. The van der Waals surface area contributed by atoms with Crippen molar-refractivity contribution in [2.45, 2.75) is 35.7 Å². The van der Waals surface area contributed by atoms with E-state index in [1.807, 2.05) is 6.07 Å². The van der Waals surface area contributed by atoms with Crippen LogP contribution in [0.2, 0.25) is 0 Å². The number of alkyl halides is 3. The summed E-state index contributed by atoms with van der Waals surface area (Å²) in [6.45, 7) is 1.31. The van der Waals surface area contributed by atoms with Crippen molar-refractivity contribution >= 4 is 74.1 Å². The largest absolute Gasteiger partial charge is 0.483 e. The van der Waals surface area contributed by atoms with Gasteiger partial charge in [0.2, 0.25) is 11.8 Å². The predicted molar refractivity (Wildman–Crippen MR) is 193 cm³/mol. The number of thiazole rings is 1. The highest BCUT2D eigenvalue weighted by atomic mass is 79.9. The highest BCUT2D eigenvalue weighted by Gasteiger charge is 2.70. The van der Waals surface area contributed by atoms with Gasteiger partial charge in [-0.25, -0.2) is 4.79 Å². The highest BCUT2D eigenvalue weighted by molar-refractivity contribution is 9.10. The minimum Gasteiger partial charge on any atom is -0.483 e. The van der Waals surface area contributed by atoms with E-state index in [0.29, 0.717) is 38.5 Å². The van der Waals surface area contributed by atoms with Crippen LogP contribution in [0.3, 0.4) is 0 Å². The molecule has 53 heavy (non-hydrogen) atoms. The summed E-state index contributed by atoms with van der Waals surface area (Å²) in [6.07, 6.45) is -4.04. The number of carbonyl (C=O) groups is 4. The number of nitrogens with zero attached hydrogens (tertiary/aromatic N) is 1. The van der Waals surface area contributed by atoms with Crippen LogP contribution in [-0.2, 0) is 25.3 Å². The number of aromatic nitrogens is 1. The van der Waals surface area contributed by atoms with Crippen LogP contribution in [-0.4, -0.2) is 47.1 Å². The van der Waals surface area contributed by atoms with Gasteiger partial charge in [0.1, 0.15) is 5.75 Å². The highest BCUT2D eigenvalue weighted by Crippen LogP contribution is 2.69. The van der Waals surface area contributed by atoms with Crippen molar-refractivity contribution in [1.82, 2.24) is 4.98 Å². The molecule has 4 aromatic rings. The summed E-state index contributed by atoms with van der Waals surface area (Å²) < 4.78 is 52.5. The van der Waals surface area contributed by atoms with Gasteiger partial charge in [-0.15, -0.1) is 11.8 Å². The number of hydrogen-bond acceptors (Lipinski definition) is 9. The molecular weight excluding hydrogens is 799 g/mol. The van der Waals surface area contributed by atoms with Gasteiger partial charge in [0.25, 0.3) is 5.91 Å². The van der Waals surface area contributed by atoms with Crippen LogP contribution in [0.25, 0.3) is 0 Å². The Morgan fingerprint density at radius 3 is 2.43 bits per heavy atom. The summed E-state index contributed by atoms with van der Waals surface area (Å²) >= 11 is 6.12. The fourth-order valence-corrected chi connectivity index (χ4v) is 11.9. The van der Waals surface area contributed by atoms with E-state index in [2.05, 4.69) is 26.2 Å². The Labute approximate surface area is 316 Å². The van der Waals surface area contributed by atoms with Crippen molar-refractivity contribution in [3.8, 4) is 5.75 Å². The average Bonchev–Trinajstić information content (AvgIpc) is 3.86. The Morgan fingerprint density at radius 1 is 1.00 bits per heavy atom. The number of hydrogen-bond donors (Lipinski definition) is 2. The van der Waals surface area contributed by atoms with Gasteiger partial charge in [-0.2, -0.15) is 13.2 Å². The van der Waals surface area contributed by atoms with E-state index in [-0.39, 0.29) is 46.3 Å². The van der Waals surface area contributed by atoms with Crippen molar-refractivity contribution in [3.63, 3.8) is 0 Å². The number of nitrogens with one attached hydrogen (secondary N) is 2. The van der Waals surface area contributed by atoms with Gasteiger partial charge in [0.05, 0.1) is 46.0 Å². The number of anilines is 2. The van der Waals surface area contributed by atoms with Gasteiger partial charge in [-0.3, -0.25) is 24.1 Å². The molecule has 2 saturated carbocycles. The Kier molecular flexibility index (Phi) is 9.05. The van der Waals surface area contributed by atoms with Crippen LogP contribution in [0.4, 0.5) is 24.5 Å². The molecule has 16 heteroatoms. The second-order valence-corrected chi connectivity index (χ2v) is 16.4. The number of fused-ring (bicyclic) bond motifs is 9. The summed E-state index contributed by atoms with van der Waals surface area (Å²) in [7, 11) is 0. The number of benzene rings is 3. The Bertz CT molecular complexity index is 2230. The number of aromatic amines is 1. The van der Waals surface area contributed by atoms with Crippen LogP contribution in [0.5, 0.6) is 5.75 Å². The lowest BCUT2D eigenvalue weighted by Gasteiger charge is -2.43. The number of imide groups is 1. The van der Waals surface area contributed by atoms with Gasteiger partial charge in [0, 0.05) is 26.1 Å². The standard InChI is InChI=1S/C37H29BrF3N3O7S2/c1-2-50-35(48)16-7-10-18(11-8-16)44-33(46)28-20-14-21(29(28)34(44)47)30-27(20)26(31-32(52-30)43-36(49)53-31)19-13-17(38)9-12-24(19)51-15-25(45)42-23-6-4-3-5-22(23)37(39,40)41/h3-13,20-21,26-30H,2,14-15H2,1H3,(H,42,45)(H,43,49)/t20?,21?,26-,27?,28?,29?,30?/m1/s1. The lowest BCUT2D eigenvalue weighted by atomic mass is 9.68. The van der Waals surface area contributed by atoms with Crippen molar-refractivity contribution in [1.29, 1.82) is 0 Å². The van der Waals surface area contributed by atoms with E-state index in [9.17, 15) is 37.1 Å². The Hall–Kier alpha value is -4.41. The van der Waals surface area contributed by atoms with Gasteiger partial charge in [-0.1, -0.05) is 39.4 Å². The minimum atomic E-state index is -4.67. The maximum Gasteiger partial charge on any atom is 0.418 e. The number of esters is 1. The molecule has 3 fully saturated rings. The first kappa shape index (κ1) is 35.6. The van der Waals surface area contributed by atoms with Crippen molar-refractivity contribution in [3.05, 3.63) is 102 Å². The molecule has 3 amide bonds. The minimum absolute atomic E-state index is 0.138. The number of ether oxygens (including phenoxy) is 2. The summed E-state index contributed by atoms with van der Waals surface area (Å²) in [5, 5.41) is 2.84. The smallest absolute Gasteiger partial charge is 0.418 e. The third kappa shape index (κ3) is 6.08.